The largest absolute Gasteiger partial charge is 0.380 e. The summed E-state index contributed by atoms with van der Waals surface area (Å²) in [6.45, 7) is 3.07. The molecule has 0 aliphatic carbocycles. The lowest BCUT2D eigenvalue weighted by atomic mass is 10.2. The van der Waals surface area contributed by atoms with Gasteiger partial charge in [0.05, 0.1) is 17.5 Å². The molecule has 0 bridgehead atoms. The number of hydrogen-bond donors (Lipinski definition) is 2. The number of rotatable bonds is 8. The van der Waals surface area contributed by atoms with E-state index in [9.17, 15) is 4.79 Å². The summed E-state index contributed by atoms with van der Waals surface area (Å²) in [7, 11) is 1.56. The monoisotopic (exact) mass is 271 g/mol. The molecule has 0 saturated heterocycles. The standard InChI is InChI=1S/C12H21N3O2S/c1-3-10-8-15-12(18-10)4-5-14-11(16)6-9(7-13)17-2/h8-9H,3-7,13H2,1-2H3,(H,14,16). The third kappa shape index (κ3) is 5.12. The minimum Gasteiger partial charge on any atom is -0.380 e. The number of hydrogen-bond acceptors (Lipinski definition) is 5. The van der Waals surface area contributed by atoms with Gasteiger partial charge in [0.2, 0.25) is 5.91 Å². The Hall–Kier alpha value is -0.980. The molecular weight excluding hydrogens is 250 g/mol. The fraction of sp³-hybridized carbons (Fsp3) is 0.667. The van der Waals surface area contributed by atoms with Crippen molar-refractivity contribution in [3.05, 3.63) is 16.1 Å². The van der Waals surface area contributed by atoms with Gasteiger partial charge in [-0.25, -0.2) is 4.98 Å². The van der Waals surface area contributed by atoms with Crippen molar-refractivity contribution >= 4 is 17.2 Å². The Bertz CT molecular complexity index is 364. The molecule has 0 spiro atoms. The quantitative estimate of drug-likeness (QED) is 0.730. The number of carbonyl (C=O) groups is 1. The zero-order chi connectivity index (χ0) is 13.4. The van der Waals surface area contributed by atoms with Crippen LogP contribution in [0, 0.1) is 0 Å². The lowest BCUT2D eigenvalue weighted by Gasteiger charge is -2.12. The van der Waals surface area contributed by atoms with Gasteiger partial charge in [-0.15, -0.1) is 11.3 Å². The maximum Gasteiger partial charge on any atom is 0.222 e. The Labute approximate surface area is 112 Å². The van der Waals surface area contributed by atoms with Crippen LogP contribution in [0.4, 0.5) is 0 Å². The van der Waals surface area contributed by atoms with Crippen molar-refractivity contribution in [3.8, 4) is 0 Å². The molecule has 6 heteroatoms. The van der Waals surface area contributed by atoms with Gasteiger partial charge in [-0.1, -0.05) is 6.92 Å². The minimum atomic E-state index is -0.198. The van der Waals surface area contributed by atoms with Crippen molar-refractivity contribution in [3.63, 3.8) is 0 Å². The molecule has 1 heterocycles. The third-order valence-electron chi connectivity index (χ3n) is 2.62. The maximum atomic E-state index is 11.6. The molecule has 0 fully saturated rings. The van der Waals surface area contributed by atoms with E-state index in [2.05, 4.69) is 17.2 Å². The van der Waals surface area contributed by atoms with E-state index in [1.165, 1.54) is 4.88 Å². The number of carbonyl (C=O) groups excluding carboxylic acids is 1. The SMILES string of the molecule is CCc1cnc(CCNC(=O)CC(CN)OC)s1. The van der Waals surface area contributed by atoms with Crippen LogP contribution in [-0.2, 0) is 22.4 Å². The van der Waals surface area contributed by atoms with Crippen LogP contribution < -0.4 is 11.1 Å². The van der Waals surface area contributed by atoms with E-state index in [4.69, 9.17) is 10.5 Å². The smallest absolute Gasteiger partial charge is 0.222 e. The van der Waals surface area contributed by atoms with Gasteiger partial charge >= 0.3 is 0 Å². The number of thiazole rings is 1. The normalized spacial score (nSPS) is 12.4. The molecule has 1 aromatic heterocycles. The number of nitrogens with zero attached hydrogens (tertiary/aromatic N) is 1. The Kier molecular flexibility index (Phi) is 6.85. The van der Waals surface area contributed by atoms with Gasteiger partial charge in [-0.05, 0) is 6.42 Å². The Morgan fingerprint density at radius 1 is 1.67 bits per heavy atom. The summed E-state index contributed by atoms with van der Waals surface area (Å²) in [6, 6.07) is 0. The van der Waals surface area contributed by atoms with Crippen LogP contribution in [0.3, 0.4) is 0 Å². The molecular formula is C12H21N3O2S. The van der Waals surface area contributed by atoms with Gasteiger partial charge in [-0.3, -0.25) is 4.79 Å². The van der Waals surface area contributed by atoms with Crippen molar-refractivity contribution < 1.29 is 9.53 Å². The van der Waals surface area contributed by atoms with Gasteiger partial charge in [0.1, 0.15) is 0 Å². The molecule has 0 aromatic carbocycles. The highest BCUT2D eigenvalue weighted by molar-refractivity contribution is 7.11. The number of methoxy groups -OCH3 is 1. The van der Waals surface area contributed by atoms with Crippen LogP contribution in [-0.4, -0.2) is 37.2 Å². The molecule has 1 amide bonds. The van der Waals surface area contributed by atoms with E-state index < -0.39 is 0 Å². The number of nitrogens with two attached hydrogens (primary N) is 1. The number of amides is 1. The lowest BCUT2D eigenvalue weighted by molar-refractivity contribution is -0.123. The second-order valence-corrected chi connectivity index (χ2v) is 5.17. The number of aryl methyl sites for hydroxylation is 1. The summed E-state index contributed by atoms with van der Waals surface area (Å²) in [6.07, 6.45) is 3.80. The predicted molar refractivity (Wildman–Crippen MR) is 72.7 cm³/mol. The van der Waals surface area contributed by atoms with E-state index in [1.807, 2.05) is 6.20 Å². The number of aromatic nitrogens is 1. The van der Waals surface area contributed by atoms with Crippen molar-refractivity contribution in [2.24, 2.45) is 5.73 Å². The summed E-state index contributed by atoms with van der Waals surface area (Å²) in [4.78, 5) is 17.1. The van der Waals surface area contributed by atoms with Crippen LogP contribution in [0.15, 0.2) is 6.20 Å². The minimum absolute atomic E-state index is 0.0282. The van der Waals surface area contributed by atoms with Crippen LogP contribution in [0.5, 0.6) is 0 Å². The highest BCUT2D eigenvalue weighted by Crippen LogP contribution is 2.13. The van der Waals surface area contributed by atoms with Crippen LogP contribution >= 0.6 is 11.3 Å². The molecule has 18 heavy (non-hydrogen) atoms. The number of nitrogens with one attached hydrogen (secondary N) is 1. The van der Waals surface area contributed by atoms with Crippen LogP contribution in [0.1, 0.15) is 23.2 Å². The van der Waals surface area contributed by atoms with Gasteiger partial charge < -0.3 is 15.8 Å². The fourth-order valence-electron chi connectivity index (χ4n) is 1.48. The molecule has 102 valence electrons. The van der Waals surface area contributed by atoms with Gasteiger partial charge in [0.15, 0.2) is 0 Å². The predicted octanol–water partition coefficient (Wildman–Crippen LogP) is 0.728. The summed E-state index contributed by atoms with van der Waals surface area (Å²) in [5.41, 5.74) is 5.46. The molecule has 1 aromatic rings. The zero-order valence-electron chi connectivity index (χ0n) is 10.9. The molecule has 1 rings (SSSR count). The van der Waals surface area contributed by atoms with E-state index in [-0.39, 0.29) is 12.0 Å². The van der Waals surface area contributed by atoms with E-state index in [0.29, 0.717) is 19.5 Å². The van der Waals surface area contributed by atoms with Crippen molar-refractivity contribution in [2.45, 2.75) is 32.3 Å². The van der Waals surface area contributed by atoms with E-state index >= 15 is 0 Å². The summed E-state index contributed by atoms with van der Waals surface area (Å²) >= 11 is 1.70. The summed E-state index contributed by atoms with van der Waals surface area (Å²) < 4.78 is 5.06. The Balaban J connectivity index is 2.22. The maximum absolute atomic E-state index is 11.6. The molecule has 1 atom stereocenters. The molecule has 0 aliphatic rings. The molecule has 0 aliphatic heterocycles. The lowest BCUT2D eigenvalue weighted by Crippen LogP contribution is -2.33. The van der Waals surface area contributed by atoms with Crippen LogP contribution in [0.25, 0.3) is 0 Å². The second-order valence-electron chi connectivity index (χ2n) is 3.97. The van der Waals surface area contributed by atoms with Gasteiger partial charge in [-0.2, -0.15) is 0 Å². The Morgan fingerprint density at radius 3 is 3.00 bits per heavy atom. The first-order valence-corrected chi connectivity index (χ1v) is 6.94. The summed E-state index contributed by atoms with van der Waals surface area (Å²) in [5.74, 6) is -0.0282. The highest BCUT2D eigenvalue weighted by Gasteiger charge is 2.10. The highest BCUT2D eigenvalue weighted by atomic mass is 32.1. The third-order valence-corrected chi connectivity index (χ3v) is 3.82. The van der Waals surface area contributed by atoms with Crippen molar-refractivity contribution in [1.29, 1.82) is 0 Å². The molecule has 1 unspecified atom stereocenters. The average Bonchev–Trinajstić information content (AvgIpc) is 2.84. The fourth-order valence-corrected chi connectivity index (χ4v) is 2.34. The second kappa shape index (κ2) is 8.18. The first-order chi connectivity index (χ1) is 8.69. The molecule has 0 radical (unpaired) electrons. The molecule has 0 saturated carbocycles. The van der Waals surface area contributed by atoms with Crippen molar-refractivity contribution in [1.82, 2.24) is 10.3 Å². The number of ether oxygens (including phenoxy) is 1. The molecule has 3 N–H and O–H groups in total. The van der Waals surface area contributed by atoms with E-state index in [0.717, 1.165) is 17.8 Å². The van der Waals surface area contributed by atoms with Gasteiger partial charge in [0.25, 0.3) is 0 Å². The topological polar surface area (TPSA) is 77.2 Å². The summed E-state index contributed by atoms with van der Waals surface area (Å²) in [5, 5.41) is 3.91. The van der Waals surface area contributed by atoms with Crippen molar-refractivity contribution in [2.75, 3.05) is 20.2 Å². The zero-order valence-corrected chi connectivity index (χ0v) is 11.8. The molecule has 5 nitrogen and oxygen atoms in total. The Morgan fingerprint density at radius 2 is 2.44 bits per heavy atom. The van der Waals surface area contributed by atoms with Gasteiger partial charge in [0, 0.05) is 37.7 Å². The average molecular weight is 271 g/mol. The van der Waals surface area contributed by atoms with Crippen LogP contribution in [0.2, 0.25) is 0 Å². The first-order valence-electron chi connectivity index (χ1n) is 6.12. The van der Waals surface area contributed by atoms with E-state index in [1.54, 1.807) is 18.4 Å². The first kappa shape index (κ1) is 15.1.